The molecular weight excluding hydrogens is 150 g/mol. The first-order chi connectivity index (χ1) is 5.77. The lowest BCUT2D eigenvalue weighted by atomic mass is 10.3. The molecule has 76 valence electrons. The van der Waals surface area contributed by atoms with Gasteiger partial charge < -0.3 is 9.69 Å². The molecule has 0 amide bonds. The topological polar surface area (TPSA) is 20.3 Å². The molecule has 0 aromatic rings. The molecule has 0 saturated heterocycles. The number of carbonyl (C=O) groups is 1. The summed E-state index contributed by atoms with van der Waals surface area (Å²) in [4.78, 5) is 11.8. The van der Waals surface area contributed by atoms with E-state index in [2.05, 4.69) is 4.90 Å². The highest BCUT2D eigenvalue weighted by molar-refractivity contribution is 5.48. The number of hydrogen-bond donors (Lipinski definition) is 0. The Morgan fingerprint density at radius 2 is 1.50 bits per heavy atom. The van der Waals surface area contributed by atoms with Gasteiger partial charge in [-0.1, -0.05) is 27.7 Å². The van der Waals surface area contributed by atoms with Gasteiger partial charge in [0.2, 0.25) is 0 Å². The monoisotopic (exact) mass is 175 g/mol. The smallest absolute Gasteiger partial charge is 0.120 e. The minimum absolute atomic E-state index is 0.693. The number of carbonyl (C=O) groups excluding carboxylic acids is 1. The van der Waals surface area contributed by atoms with Crippen LogP contribution in [0, 0.1) is 0 Å². The highest BCUT2D eigenvalue weighted by atomic mass is 16.1. The van der Waals surface area contributed by atoms with Gasteiger partial charge in [0.25, 0.3) is 0 Å². The van der Waals surface area contributed by atoms with Crippen molar-refractivity contribution in [1.29, 1.82) is 0 Å². The first kappa shape index (κ1) is 17.6. The van der Waals surface area contributed by atoms with Crippen LogP contribution in [0.4, 0.5) is 0 Å². The van der Waals surface area contributed by atoms with Crippen LogP contribution in [-0.2, 0) is 4.79 Å². The van der Waals surface area contributed by atoms with Crippen LogP contribution in [0.3, 0.4) is 0 Å². The Balaban J connectivity index is -0.000000175. The molecule has 0 aromatic carbocycles. The van der Waals surface area contributed by atoms with Gasteiger partial charge in [-0.3, -0.25) is 0 Å². The third kappa shape index (κ3) is 33.5. The van der Waals surface area contributed by atoms with E-state index in [-0.39, 0.29) is 0 Å². The third-order valence-corrected chi connectivity index (χ3v) is 0.927. The molecule has 0 unspecified atom stereocenters. The summed E-state index contributed by atoms with van der Waals surface area (Å²) in [6.07, 6.45) is 2.64. The summed E-state index contributed by atoms with van der Waals surface area (Å²) in [6.45, 7) is 9.01. The molecule has 0 aliphatic heterocycles. The summed E-state index contributed by atoms with van der Waals surface area (Å²) in [5, 5.41) is 0. The highest BCUT2D eigenvalue weighted by Gasteiger charge is 1.86. The van der Waals surface area contributed by atoms with Gasteiger partial charge in [0.1, 0.15) is 6.29 Å². The van der Waals surface area contributed by atoms with Crippen LogP contribution in [-0.4, -0.2) is 31.8 Å². The van der Waals surface area contributed by atoms with Crippen molar-refractivity contribution in [2.24, 2.45) is 0 Å². The molecule has 12 heavy (non-hydrogen) atoms. The van der Waals surface area contributed by atoms with Gasteiger partial charge in [-0.2, -0.15) is 0 Å². The standard InChI is InChI=1S/C6H13NO.2C2H6/c1-7(2)5-3-4-6-8;2*1-2/h6H,3-5H2,1-2H3;2*1-2H3. The van der Waals surface area contributed by atoms with E-state index in [4.69, 9.17) is 0 Å². The quantitative estimate of drug-likeness (QED) is 0.483. The summed E-state index contributed by atoms with van der Waals surface area (Å²) in [7, 11) is 4.01. The van der Waals surface area contributed by atoms with Crippen LogP contribution in [0.2, 0.25) is 0 Å². The van der Waals surface area contributed by atoms with E-state index in [0.717, 1.165) is 19.3 Å². The minimum Gasteiger partial charge on any atom is -0.309 e. The second-order valence-corrected chi connectivity index (χ2v) is 2.11. The van der Waals surface area contributed by atoms with E-state index in [9.17, 15) is 4.79 Å². The predicted octanol–water partition coefficient (Wildman–Crippen LogP) is 2.58. The maximum absolute atomic E-state index is 9.77. The van der Waals surface area contributed by atoms with Gasteiger partial charge in [-0.05, 0) is 27.1 Å². The Kier molecular flexibility index (Phi) is 33.0. The first-order valence-electron chi connectivity index (χ1n) is 4.85. The lowest BCUT2D eigenvalue weighted by Gasteiger charge is -2.05. The molecule has 0 aliphatic rings. The van der Waals surface area contributed by atoms with Gasteiger partial charge in [0.15, 0.2) is 0 Å². The normalized spacial score (nSPS) is 7.58. The molecule has 0 heterocycles. The zero-order valence-corrected chi connectivity index (χ0v) is 9.55. The molecule has 0 spiro atoms. The van der Waals surface area contributed by atoms with Crippen LogP contribution in [0.5, 0.6) is 0 Å². The van der Waals surface area contributed by atoms with E-state index >= 15 is 0 Å². The van der Waals surface area contributed by atoms with Gasteiger partial charge in [-0.15, -0.1) is 0 Å². The van der Waals surface area contributed by atoms with Crippen LogP contribution in [0.15, 0.2) is 0 Å². The second-order valence-electron chi connectivity index (χ2n) is 2.11. The fourth-order valence-electron chi connectivity index (χ4n) is 0.491. The van der Waals surface area contributed by atoms with Crippen molar-refractivity contribution in [3.63, 3.8) is 0 Å². The van der Waals surface area contributed by atoms with E-state index in [1.807, 2.05) is 41.8 Å². The molecular formula is C10H25NO. The maximum atomic E-state index is 9.77. The minimum atomic E-state index is 0.693. The second kappa shape index (κ2) is 22.4. The van der Waals surface area contributed by atoms with E-state index in [1.54, 1.807) is 0 Å². The number of hydrogen-bond acceptors (Lipinski definition) is 2. The zero-order valence-electron chi connectivity index (χ0n) is 9.55. The highest BCUT2D eigenvalue weighted by Crippen LogP contribution is 1.84. The molecule has 0 radical (unpaired) electrons. The molecule has 0 fully saturated rings. The fraction of sp³-hybridized carbons (Fsp3) is 0.900. The maximum Gasteiger partial charge on any atom is 0.120 e. The van der Waals surface area contributed by atoms with Crippen molar-refractivity contribution < 1.29 is 4.79 Å². The molecule has 0 N–H and O–H groups in total. The molecule has 2 heteroatoms. The largest absolute Gasteiger partial charge is 0.309 e. The number of rotatable bonds is 4. The predicted molar refractivity (Wildman–Crippen MR) is 56.5 cm³/mol. The zero-order chi connectivity index (χ0) is 10.4. The average Bonchev–Trinajstić information content (AvgIpc) is 2.12. The molecule has 0 rings (SSSR count). The number of aldehydes is 1. The lowest BCUT2D eigenvalue weighted by molar-refractivity contribution is -0.107. The average molecular weight is 175 g/mol. The molecule has 0 aliphatic carbocycles. The van der Waals surface area contributed by atoms with E-state index in [1.165, 1.54) is 0 Å². The lowest BCUT2D eigenvalue weighted by Crippen LogP contribution is -2.12. The summed E-state index contributed by atoms with van der Waals surface area (Å²) in [6, 6.07) is 0. The van der Waals surface area contributed by atoms with Gasteiger partial charge in [0, 0.05) is 6.42 Å². The van der Waals surface area contributed by atoms with Gasteiger partial charge in [0.05, 0.1) is 0 Å². The third-order valence-electron chi connectivity index (χ3n) is 0.927. The molecule has 0 aromatic heterocycles. The van der Waals surface area contributed by atoms with Crippen molar-refractivity contribution in [2.75, 3.05) is 20.6 Å². The summed E-state index contributed by atoms with van der Waals surface area (Å²) >= 11 is 0. The van der Waals surface area contributed by atoms with Crippen LogP contribution >= 0.6 is 0 Å². The van der Waals surface area contributed by atoms with Crippen molar-refractivity contribution in [2.45, 2.75) is 40.5 Å². The van der Waals surface area contributed by atoms with Crippen molar-refractivity contribution in [3.8, 4) is 0 Å². The molecule has 0 saturated carbocycles. The Morgan fingerprint density at radius 3 is 1.75 bits per heavy atom. The summed E-state index contributed by atoms with van der Waals surface area (Å²) in [5.74, 6) is 0. The van der Waals surface area contributed by atoms with Crippen molar-refractivity contribution >= 4 is 6.29 Å². The van der Waals surface area contributed by atoms with Crippen molar-refractivity contribution in [3.05, 3.63) is 0 Å². The number of nitrogens with zero attached hydrogens (tertiary/aromatic N) is 1. The van der Waals surface area contributed by atoms with Gasteiger partial charge >= 0.3 is 0 Å². The first-order valence-corrected chi connectivity index (χ1v) is 4.85. The number of unbranched alkanes of at least 4 members (excludes halogenated alkanes) is 1. The molecule has 2 nitrogen and oxygen atoms in total. The van der Waals surface area contributed by atoms with Crippen LogP contribution in [0.25, 0.3) is 0 Å². The van der Waals surface area contributed by atoms with E-state index < -0.39 is 0 Å². The van der Waals surface area contributed by atoms with Crippen LogP contribution in [0.1, 0.15) is 40.5 Å². The molecule has 0 bridgehead atoms. The van der Waals surface area contributed by atoms with Crippen molar-refractivity contribution in [1.82, 2.24) is 4.90 Å². The summed E-state index contributed by atoms with van der Waals surface area (Å²) < 4.78 is 0. The van der Waals surface area contributed by atoms with Gasteiger partial charge in [-0.25, -0.2) is 0 Å². The Hall–Kier alpha value is -0.370. The fourth-order valence-corrected chi connectivity index (χ4v) is 0.491. The molecule has 0 atom stereocenters. The Labute approximate surface area is 78.0 Å². The van der Waals surface area contributed by atoms with Crippen LogP contribution < -0.4 is 0 Å². The Bertz CT molecular complexity index is 62.9. The Morgan fingerprint density at radius 1 is 1.08 bits per heavy atom. The summed E-state index contributed by atoms with van der Waals surface area (Å²) in [5.41, 5.74) is 0. The SMILES string of the molecule is CC.CC.CN(C)CCCC=O. The van der Waals surface area contributed by atoms with E-state index in [0.29, 0.717) is 6.42 Å².